The molecule has 4 rings (SSSR count). The van der Waals surface area contributed by atoms with Crippen molar-refractivity contribution < 1.29 is 4.79 Å². The standard InChI is InChI=1S/C19H31N5OS/c1-13-7-3-4-8-16(13)20-17(25)14(2)26-19-22-21-18(23-11-5-6-12-23)24(19)15-9-10-15/h13-16H,3-12H2,1-2H3,(H,20,25). The fourth-order valence-electron chi connectivity index (χ4n) is 4.18. The SMILES string of the molecule is CC(Sc1nnc(N2CCCC2)n1C1CC1)C(=O)NC1CCCCC1C. The van der Waals surface area contributed by atoms with Crippen LogP contribution in [0.1, 0.15) is 71.3 Å². The minimum atomic E-state index is -0.141. The van der Waals surface area contributed by atoms with Crippen LogP contribution in [0.2, 0.25) is 0 Å². The minimum absolute atomic E-state index is 0.141. The number of rotatable bonds is 6. The maximum absolute atomic E-state index is 12.7. The Labute approximate surface area is 160 Å². The topological polar surface area (TPSA) is 63.1 Å². The molecule has 3 aliphatic rings. The van der Waals surface area contributed by atoms with Crippen molar-refractivity contribution in [3.05, 3.63) is 0 Å². The Hall–Kier alpha value is -1.24. The molecule has 1 aliphatic heterocycles. The van der Waals surface area contributed by atoms with E-state index in [2.05, 4.69) is 31.9 Å². The molecule has 144 valence electrons. The first-order valence-corrected chi connectivity index (χ1v) is 11.2. The third-order valence-corrected chi connectivity index (χ3v) is 7.09. The van der Waals surface area contributed by atoms with Crippen LogP contribution in [0.5, 0.6) is 0 Å². The molecule has 1 amide bonds. The molecule has 0 aromatic carbocycles. The highest BCUT2D eigenvalue weighted by Crippen LogP contribution is 2.42. The van der Waals surface area contributed by atoms with E-state index < -0.39 is 0 Å². The second-order valence-electron chi connectivity index (χ2n) is 8.21. The van der Waals surface area contributed by atoms with Crippen LogP contribution in [0.15, 0.2) is 5.16 Å². The number of anilines is 1. The van der Waals surface area contributed by atoms with E-state index in [-0.39, 0.29) is 11.2 Å². The fraction of sp³-hybridized carbons (Fsp3) is 0.842. The number of hydrogen-bond acceptors (Lipinski definition) is 5. The molecule has 0 radical (unpaired) electrons. The average molecular weight is 378 g/mol. The average Bonchev–Trinajstić information content (AvgIpc) is 3.16. The maximum Gasteiger partial charge on any atom is 0.233 e. The lowest BCUT2D eigenvalue weighted by molar-refractivity contribution is -0.121. The highest BCUT2D eigenvalue weighted by atomic mass is 32.2. The lowest BCUT2D eigenvalue weighted by atomic mass is 9.86. The molecule has 26 heavy (non-hydrogen) atoms. The normalized spacial score (nSPS) is 27.5. The molecule has 2 saturated carbocycles. The molecule has 1 N–H and O–H groups in total. The van der Waals surface area contributed by atoms with Gasteiger partial charge in [0.2, 0.25) is 11.9 Å². The molecule has 0 bridgehead atoms. The first-order valence-electron chi connectivity index (χ1n) is 10.3. The summed E-state index contributed by atoms with van der Waals surface area (Å²) in [6, 6.07) is 0.859. The number of nitrogens with one attached hydrogen (secondary N) is 1. The Morgan fingerprint density at radius 3 is 2.54 bits per heavy atom. The third-order valence-electron chi connectivity index (χ3n) is 6.04. The van der Waals surface area contributed by atoms with Gasteiger partial charge in [-0.1, -0.05) is 31.5 Å². The van der Waals surface area contributed by atoms with Gasteiger partial charge >= 0.3 is 0 Å². The van der Waals surface area contributed by atoms with Gasteiger partial charge in [-0.25, -0.2) is 0 Å². The van der Waals surface area contributed by atoms with Gasteiger partial charge in [-0.05, 0) is 51.4 Å². The summed E-state index contributed by atoms with van der Waals surface area (Å²) in [5.41, 5.74) is 0. The van der Waals surface area contributed by atoms with E-state index in [0.29, 0.717) is 18.0 Å². The molecule has 2 heterocycles. The number of carbonyl (C=O) groups excluding carboxylic acids is 1. The van der Waals surface area contributed by atoms with Crippen LogP contribution in [0.4, 0.5) is 5.95 Å². The van der Waals surface area contributed by atoms with E-state index in [1.54, 1.807) is 11.8 Å². The van der Waals surface area contributed by atoms with Gasteiger partial charge in [0, 0.05) is 25.2 Å². The van der Waals surface area contributed by atoms with Crippen molar-refractivity contribution >= 4 is 23.6 Å². The molecule has 1 aromatic heterocycles. The van der Waals surface area contributed by atoms with E-state index in [1.165, 1.54) is 44.9 Å². The van der Waals surface area contributed by atoms with E-state index in [4.69, 9.17) is 0 Å². The molecule has 1 saturated heterocycles. The van der Waals surface area contributed by atoms with Gasteiger partial charge < -0.3 is 10.2 Å². The van der Waals surface area contributed by atoms with Crippen LogP contribution >= 0.6 is 11.8 Å². The number of amides is 1. The van der Waals surface area contributed by atoms with Crippen LogP contribution in [-0.4, -0.2) is 45.1 Å². The van der Waals surface area contributed by atoms with E-state index in [9.17, 15) is 4.79 Å². The number of carbonyl (C=O) groups is 1. The van der Waals surface area contributed by atoms with Crippen molar-refractivity contribution in [2.24, 2.45) is 5.92 Å². The first kappa shape index (κ1) is 18.1. The van der Waals surface area contributed by atoms with Gasteiger partial charge in [0.25, 0.3) is 0 Å². The second kappa shape index (κ2) is 7.79. The van der Waals surface area contributed by atoms with E-state index in [0.717, 1.165) is 30.6 Å². The first-order chi connectivity index (χ1) is 12.6. The van der Waals surface area contributed by atoms with Crippen molar-refractivity contribution in [1.82, 2.24) is 20.1 Å². The quantitative estimate of drug-likeness (QED) is 0.770. The number of nitrogens with zero attached hydrogens (tertiary/aromatic N) is 4. The largest absolute Gasteiger partial charge is 0.352 e. The molecule has 2 aliphatic carbocycles. The zero-order valence-electron chi connectivity index (χ0n) is 16.0. The van der Waals surface area contributed by atoms with E-state index in [1.807, 2.05) is 6.92 Å². The van der Waals surface area contributed by atoms with E-state index >= 15 is 0 Å². The molecule has 3 unspecified atom stereocenters. The monoisotopic (exact) mass is 377 g/mol. The number of aromatic nitrogens is 3. The van der Waals surface area contributed by atoms with Gasteiger partial charge in [0.15, 0.2) is 5.16 Å². The Bertz CT molecular complexity index is 638. The fourth-order valence-corrected chi connectivity index (χ4v) is 5.10. The highest BCUT2D eigenvalue weighted by Gasteiger charge is 2.34. The predicted molar refractivity (Wildman–Crippen MR) is 105 cm³/mol. The van der Waals surface area contributed by atoms with Crippen LogP contribution < -0.4 is 10.2 Å². The molecule has 3 atom stereocenters. The minimum Gasteiger partial charge on any atom is -0.352 e. The molecule has 0 spiro atoms. The van der Waals surface area contributed by atoms with Crippen LogP contribution in [-0.2, 0) is 4.79 Å². The Morgan fingerprint density at radius 2 is 1.85 bits per heavy atom. The maximum atomic E-state index is 12.7. The summed E-state index contributed by atoms with van der Waals surface area (Å²) >= 11 is 1.57. The van der Waals surface area contributed by atoms with Crippen molar-refractivity contribution in [3.8, 4) is 0 Å². The lowest BCUT2D eigenvalue weighted by Gasteiger charge is -2.30. The predicted octanol–water partition coefficient (Wildman–Crippen LogP) is 3.39. The summed E-state index contributed by atoms with van der Waals surface area (Å²) in [7, 11) is 0. The summed E-state index contributed by atoms with van der Waals surface area (Å²) in [5, 5.41) is 13.0. The molecule has 3 fully saturated rings. The van der Waals surface area contributed by atoms with Crippen molar-refractivity contribution in [2.75, 3.05) is 18.0 Å². The molecule has 6 nitrogen and oxygen atoms in total. The Kier molecular flexibility index (Phi) is 5.43. The zero-order valence-corrected chi connectivity index (χ0v) is 16.8. The summed E-state index contributed by atoms with van der Waals surface area (Å²) in [6.45, 7) is 6.40. The van der Waals surface area contributed by atoms with Gasteiger partial charge in [-0.15, -0.1) is 10.2 Å². The van der Waals surface area contributed by atoms with Crippen molar-refractivity contribution in [3.63, 3.8) is 0 Å². The van der Waals surface area contributed by atoms with Gasteiger partial charge in [-0.3, -0.25) is 9.36 Å². The van der Waals surface area contributed by atoms with Crippen LogP contribution in [0.25, 0.3) is 0 Å². The lowest BCUT2D eigenvalue weighted by Crippen LogP contribution is -2.44. The van der Waals surface area contributed by atoms with Gasteiger partial charge in [0.05, 0.1) is 5.25 Å². The zero-order chi connectivity index (χ0) is 18.1. The summed E-state index contributed by atoms with van der Waals surface area (Å²) in [6.07, 6.45) is 9.73. The molecule has 1 aromatic rings. The van der Waals surface area contributed by atoms with Crippen molar-refractivity contribution in [1.29, 1.82) is 0 Å². The second-order valence-corrected chi connectivity index (χ2v) is 9.52. The van der Waals surface area contributed by atoms with Crippen LogP contribution in [0.3, 0.4) is 0 Å². The Balaban J connectivity index is 1.42. The van der Waals surface area contributed by atoms with Crippen LogP contribution in [0, 0.1) is 5.92 Å². The smallest absolute Gasteiger partial charge is 0.233 e. The van der Waals surface area contributed by atoms with Gasteiger partial charge in [0.1, 0.15) is 0 Å². The third kappa shape index (κ3) is 3.87. The summed E-state index contributed by atoms with van der Waals surface area (Å²) < 4.78 is 2.29. The van der Waals surface area contributed by atoms with Crippen molar-refractivity contribution in [2.45, 2.75) is 87.7 Å². The molecular weight excluding hydrogens is 346 g/mol. The molecular formula is C19H31N5OS. The molecule has 7 heteroatoms. The summed E-state index contributed by atoms with van der Waals surface area (Å²) in [5.74, 6) is 1.74. The highest BCUT2D eigenvalue weighted by molar-refractivity contribution is 8.00. The summed E-state index contributed by atoms with van der Waals surface area (Å²) in [4.78, 5) is 15.1. The number of hydrogen-bond donors (Lipinski definition) is 1. The van der Waals surface area contributed by atoms with Gasteiger partial charge in [-0.2, -0.15) is 0 Å². The Morgan fingerprint density at radius 1 is 1.12 bits per heavy atom. The number of thioether (sulfide) groups is 1.